The first-order valence-corrected chi connectivity index (χ1v) is 7.22. The second-order valence-electron chi connectivity index (χ2n) is 5.51. The van der Waals surface area contributed by atoms with E-state index in [1.54, 1.807) is 12.1 Å². The molecule has 1 heterocycles. The Labute approximate surface area is 120 Å². The zero-order chi connectivity index (χ0) is 14.5. The molecular weight excluding hydrogens is 253 g/mol. The van der Waals surface area contributed by atoms with Crippen molar-refractivity contribution in [3.63, 3.8) is 0 Å². The Morgan fingerprint density at radius 1 is 1.20 bits per heavy atom. The maximum Gasteiger partial charge on any atom is 0.123 e. The van der Waals surface area contributed by atoms with E-state index in [0.717, 1.165) is 31.7 Å². The highest BCUT2D eigenvalue weighted by Gasteiger charge is 2.24. The highest BCUT2D eigenvalue weighted by Crippen LogP contribution is 2.22. The van der Waals surface area contributed by atoms with Crippen molar-refractivity contribution >= 4 is 0 Å². The second kappa shape index (κ2) is 6.83. The van der Waals surface area contributed by atoms with Crippen molar-refractivity contribution in [1.29, 1.82) is 5.26 Å². The third kappa shape index (κ3) is 3.56. The zero-order valence-electron chi connectivity index (χ0n) is 12.2. The number of nitriles is 1. The predicted molar refractivity (Wildman–Crippen MR) is 77.7 cm³/mol. The standard InChI is InChI=1S/C16H22FN3/c1-13(6-7-18)19-8-10-20(11-9-19)14(2)15-4-3-5-16(17)12-15/h3-5,12-14H,6,8-11H2,1-2H3/t13-,14+/m1/s1. The Hall–Kier alpha value is -1.44. The Morgan fingerprint density at radius 3 is 2.45 bits per heavy atom. The van der Waals surface area contributed by atoms with Gasteiger partial charge in [0.05, 0.1) is 12.5 Å². The monoisotopic (exact) mass is 275 g/mol. The molecule has 1 saturated heterocycles. The van der Waals surface area contributed by atoms with Crippen LogP contribution in [-0.2, 0) is 0 Å². The van der Waals surface area contributed by atoms with E-state index in [0.29, 0.717) is 12.5 Å². The van der Waals surface area contributed by atoms with Crippen LogP contribution in [0.3, 0.4) is 0 Å². The number of hydrogen-bond acceptors (Lipinski definition) is 3. The first kappa shape index (κ1) is 15.0. The van der Waals surface area contributed by atoms with Gasteiger partial charge in [0.1, 0.15) is 5.82 Å². The first-order chi connectivity index (χ1) is 9.61. The van der Waals surface area contributed by atoms with Gasteiger partial charge in [0.15, 0.2) is 0 Å². The molecule has 0 N–H and O–H groups in total. The molecule has 0 aliphatic carbocycles. The van der Waals surface area contributed by atoms with Gasteiger partial charge < -0.3 is 0 Å². The summed E-state index contributed by atoms with van der Waals surface area (Å²) in [5.74, 6) is -0.171. The lowest BCUT2D eigenvalue weighted by Gasteiger charge is -2.40. The van der Waals surface area contributed by atoms with E-state index < -0.39 is 0 Å². The van der Waals surface area contributed by atoms with Gasteiger partial charge in [0.2, 0.25) is 0 Å². The van der Waals surface area contributed by atoms with Gasteiger partial charge in [0.25, 0.3) is 0 Å². The summed E-state index contributed by atoms with van der Waals surface area (Å²) in [5.41, 5.74) is 1.03. The van der Waals surface area contributed by atoms with Crippen molar-refractivity contribution in [3.05, 3.63) is 35.6 Å². The van der Waals surface area contributed by atoms with E-state index in [2.05, 4.69) is 29.7 Å². The summed E-state index contributed by atoms with van der Waals surface area (Å²) in [6.07, 6.45) is 0.583. The summed E-state index contributed by atoms with van der Waals surface area (Å²) in [7, 11) is 0. The van der Waals surface area contributed by atoms with Crippen LogP contribution in [0, 0.1) is 17.1 Å². The van der Waals surface area contributed by atoms with Gasteiger partial charge in [-0.3, -0.25) is 9.80 Å². The lowest BCUT2D eigenvalue weighted by molar-refractivity contribution is 0.0795. The summed E-state index contributed by atoms with van der Waals surface area (Å²) in [5, 5.41) is 8.76. The number of rotatable bonds is 4. The summed E-state index contributed by atoms with van der Waals surface area (Å²) in [4.78, 5) is 4.74. The average molecular weight is 275 g/mol. The fourth-order valence-electron chi connectivity index (χ4n) is 2.80. The van der Waals surface area contributed by atoms with Crippen molar-refractivity contribution in [2.45, 2.75) is 32.4 Å². The summed E-state index contributed by atoms with van der Waals surface area (Å²) in [6.45, 7) is 8.12. The summed E-state index contributed by atoms with van der Waals surface area (Å²) < 4.78 is 13.3. The summed E-state index contributed by atoms with van der Waals surface area (Å²) >= 11 is 0. The molecule has 1 aromatic carbocycles. The van der Waals surface area contributed by atoms with Crippen LogP contribution in [0.1, 0.15) is 31.9 Å². The SMILES string of the molecule is C[C@H](CC#N)N1CCN([C@@H](C)c2cccc(F)c2)CC1. The normalized spacial score (nSPS) is 20.3. The number of hydrogen-bond donors (Lipinski definition) is 0. The molecule has 0 bridgehead atoms. The molecule has 4 heteroatoms. The zero-order valence-corrected chi connectivity index (χ0v) is 12.2. The highest BCUT2D eigenvalue weighted by atomic mass is 19.1. The molecule has 2 rings (SSSR count). The number of nitrogens with zero attached hydrogens (tertiary/aromatic N) is 3. The van der Waals surface area contributed by atoms with Crippen LogP contribution in [-0.4, -0.2) is 42.0 Å². The van der Waals surface area contributed by atoms with Crippen LogP contribution < -0.4 is 0 Å². The first-order valence-electron chi connectivity index (χ1n) is 7.22. The molecular formula is C16H22FN3. The van der Waals surface area contributed by atoms with Gasteiger partial charge in [-0.05, 0) is 31.5 Å². The molecule has 1 aliphatic rings. The van der Waals surface area contributed by atoms with E-state index in [1.165, 1.54) is 6.07 Å². The van der Waals surface area contributed by atoms with Crippen LogP contribution in [0.4, 0.5) is 4.39 Å². The minimum atomic E-state index is -0.171. The van der Waals surface area contributed by atoms with Crippen LogP contribution >= 0.6 is 0 Å². The van der Waals surface area contributed by atoms with Crippen molar-refractivity contribution in [3.8, 4) is 6.07 Å². The Morgan fingerprint density at radius 2 is 1.85 bits per heavy atom. The molecule has 0 saturated carbocycles. The largest absolute Gasteiger partial charge is 0.297 e. The minimum Gasteiger partial charge on any atom is -0.297 e. The number of halogens is 1. The quantitative estimate of drug-likeness (QED) is 0.846. The lowest BCUT2D eigenvalue weighted by Crippen LogP contribution is -2.50. The number of piperazine rings is 1. The maximum atomic E-state index is 13.3. The van der Waals surface area contributed by atoms with Crippen LogP contribution in [0.5, 0.6) is 0 Å². The molecule has 2 atom stereocenters. The predicted octanol–water partition coefficient (Wildman–Crippen LogP) is 2.81. The molecule has 1 aromatic rings. The molecule has 0 spiro atoms. The topological polar surface area (TPSA) is 30.3 Å². The molecule has 0 aromatic heterocycles. The van der Waals surface area contributed by atoms with Crippen molar-refractivity contribution in [2.75, 3.05) is 26.2 Å². The summed E-state index contributed by atoms with van der Waals surface area (Å²) in [6, 6.07) is 9.65. The maximum absolute atomic E-state index is 13.3. The third-order valence-corrected chi connectivity index (χ3v) is 4.24. The van der Waals surface area contributed by atoms with E-state index in [4.69, 9.17) is 5.26 Å². The fraction of sp³-hybridized carbons (Fsp3) is 0.562. The molecule has 108 valence electrons. The van der Waals surface area contributed by atoms with Crippen LogP contribution in [0.2, 0.25) is 0 Å². The molecule has 1 fully saturated rings. The van der Waals surface area contributed by atoms with Crippen LogP contribution in [0.15, 0.2) is 24.3 Å². The molecule has 20 heavy (non-hydrogen) atoms. The van der Waals surface area contributed by atoms with E-state index in [9.17, 15) is 4.39 Å². The highest BCUT2D eigenvalue weighted by molar-refractivity contribution is 5.19. The average Bonchev–Trinajstić information content (AvgIpc) is 2.47. The third-order valence-electron chi connectivity index (χ3n) is 4.24. The van der Waals surface area contributed by atoms with Crippen molar-refractivity contribution < 1.29 is 4.39 Å². The van der Waals surface area contributed by atoms with Gasteiger partial charge in [0, 0.05) is 38.3 Å². The van der Waals surface area contributed by atoms with Crippen molar-refractivity contribution in [1.82, 2.24) is 9.80 Å². The van der Waals surface area contributed by atoms with E-state index in [-0.39, 0.29) is 11.9 Å². The Kier molecular flexibility index (Phi) is 5.11. The molecule has 3 nitrogen and oxygen atoms in total. The van der Waals surface area contributed by atoms with Crippen LogP contribution in [0.25, 0.3) is 0 Å². The van der Waals surface area contributed by atoms with E-state index >= 15 is 0 Å². The smallest absolute Gasteiger partial charge is 0.123 e. The van der Waals surface area contributed by atoms with Gasteiger partial charge in [-0.15, -0.1) is 0 Å². The molecule has 0 radical (unpaired) electrons. The molecule has 0 unspecified atom stereocenters. The van der Waals surface area contributed by atoms with E-state index in [1.807, 2.05) is 6.07 Å². The molecule has 1 aliphatic heterocycles. The second-order valence-corrected chi connectivity index (χ2v) is 5.51. The van der Waals surface area contributed by atoms with Gasteiger partial charge in [-0.25, -0.2) is 4.39 Å². The Balaban J connectivity index is 1.92. The fourth-order valence-corrected chi connectivity index (χ4v) is 2.80. The molecule has 0 amide bonds. The Bertz CT molecular complexity index is 475. The number of benzene rings is 1. The van der Waals surface area contributed by atoms with Gasteiger partial charge in [-0.2, -0.15) is 5.26 Å². The minimum absolute atomic E-state index is 0.171. The lowest BCUT2D eigenvalue weighted by atomic mass is 10.1. The van der Waals surface area contributed by atoms with Gasteiger partial charge in [-0.1, -0.05) is 12.1 Å². The van der Waals surface area contributed by atoms with Gasteiger partial charge >= 0.3 is 0 Å². The van der Waals surface area contributed by atoms with Crippen molar-refractivity contribution in [2.24, 2.45) is 0 Å².